The lowest BCUT2D eigenvalue weighted by atomic mass is 10.1. The lowest BCUT2D eigenvalue weighted by Gasteiger charge is -2.28. The van der Waals surface area contributed by atoms with Crippen LogP contribution in [0.3, 0.4) is 0 Å². The number of nitrogens with zero attached hydrogens (tertiary/aromatic N) is 1. The van der Waals surface area contributed by atoms with Crippen LogP contribution in [0.15, 0.2) is 18.2 Å². The van der Waals surface area contributed by atoms with Gasteiger partial charge in [-0.2, -0.15) is 0 Å². The average Bonchev–Trinajstić information content (AvgIpc) is 2.96. The van der Waals surface area contributed by atoms with Gasteiger partial charge >= 0.3 is 0 Å². The van der Waals surface area contributed by atoms with Crippen molar-refractivity contribution < 1.29 is 19.1 Å². The number of fused-ring (bicyclic) bond motifs is 1. The van der Waals surface area contributed by atoms with Gasteiger partial charge in [0.15, 0.2) is 0 Å². The zero-order valence-corrected chi connectivity index (χ0v) is 13.8. The van der Waals surface area contributed by atoms with Crippen LogP contribution in [0.4, 0.5) is 0 Å². The molecular formula is C17H21N3O4. The molecule has 7 nitrogen and oxygen atoms in total. The molecule has 0 aliphatic carbocycles. The number of benzene rings is 1. The minimum atomic E-state index is -0.459. The van der Waals surface area contributed by atoms with E-state index in [-0.39, 0.29) is 36.7 Å². The molecule has 0 spiro atoms. The maximum atomic E-state index is 12.3. The zero-order chi connectivity index (χ0) is 17.3. The molecule has 2 N–H and O–H groups in total. The Balaban J connectivity index is 1.59. The topological polar surface area (TPSA) is 87.7 Å². The van der Waals surface area contributed by atoms with Crippen LogP contribution in [0, 0.1) is 6.92 Å². The minimum absolute atomic E-state index is 0.0428. The van der Waals surface area contributed by atoms with Crippen molar-refractivity contribution in [2.45, 2.75) is 31.8 Å². The van der Waals surface area contributed by atoms with Gasteiger partial charge in [-0.1, -0.05) is 12.1 Å². The second-order valence-corrected chi connectivity index (χ2v) is 6.26. The Bertz CT molecular complexity index is 664. The Morgan fingerprint density at radius 1 is 1.42 bits per heavy atom. The maximum Gasteiger partial charge on any atom is 0.243 e. The first-order valence-corrected chi connectivity index (χ1v) is 7.98. The van der Waals surface area contributed by atoms with Gasteiger partial charge < -0.3 is 20.3 Å². The van der Waals surface area contributed by atoms with Gasteiger partial charge in [0.1, 0.15) is 11.8 Å². The van der Waals surface area contributed by atoms with Crippen LogP contribution in [0.5, 0.6) is 5.75 Å². The summed E-state index contributed by atoms with van der Waals surface area (Å²) in [5.74, 6) is 0.438. The molecule has 24 heavy (non-hydrogen) atoms. The van der Waals surface area contributed by atoms with Crippen molar-refractivity contribution in [2.24, 2.45) is 0 Å². The summed E-state index contributed by atoms with van der Waals surface area (Å²) in [6, 6.07) is 4.99. The molecular weight excluding hydrogens is 310 g/mol. The Kier molecular flexibility index (Phi) is 4.42. The first kappa shape index (κ1) is 16.3. The van der Waals surface area contributed by atoms with Gasteiger partial charge in [-0.3, -0.25) is 14.4 Å². The third kappa shape index (κ3) is 3.20. The van der Waals surface area contributed by atoms with Crippen LogP contribution in [0.2, 0.25) is 0 Å². The Labute approximate surface area is 140 Å². The SMILES string of the molecule is COc1ccc(CC(=O)N[C@@H]2C[C@H]3C(=O)NCC(=O)N3C2)cc1C. The number of rotatable bonds is 4. The number of piperazine rings is 1. The van der Waals surface area contributed by atoms with Crippen molar-refractivity contribution in [3.63, 3.8) is 0 Å². The molecule has 2 aliphatic rings. The van der Waals surface area contributed by atoms with Gasteiger partial charge in [0, 0.05) is 12.6 Å². The first-order chi connectivity index (χ1) is 11.5. The number of carbonyl (C=O) groups excluding carboxylic acids is 3. The van der Waals surface area contributed by atoms with Gasteiger partial charge in [-0.25, -0.2) is 0 Å². The van der Waals surface area contributed by atoms with E-state index in [1.165, 1.54) is 0 Å². The van der Waals surface area contributed by atoms with Gasteiger partial charge in [0.05, 0.1) is 20.1 Å². The number of hydrogen-bond acceptors (Lipinski definition) is 4. The van der Waals surface area contributed by atoms with E-state index in [2.05, 4.69) is 10.6 Å². The van der Waals surface area contributed by atoms with Crippen molar-refractivity contribution in [3.8, 4) is 5.75 Å². The molecule has 0 saturated carbocycles. The molecule has 2 heterocycles. The highest BCUT2D eigenvalue weighted by atomic mass is 16.5. The van der Waals surface area contributed by atoms with Gasteiger partial charge in [-0.05, 0) is 30.5 Å². The predicted molar refractivity (Wildman–Crippen MR) is 86.5 cm³/mol. The number of hydrogen-bond donors (Lipinski definition) is 2. The molecule has 2 atom stereocenters. The fraction of sp³-hybridized carbons (Fsp3) is 0.471. The molecule has 0 aromatic heterocycles. The van der Waals surface area contributed by atoms with Gasteiger partial charge in [0.2, 0.25) is 17.7 Å². The number of carbonyl (C=O) groups is 3. The second kappa shape index (κ2) is 6.51. The summed E-state index contributed by atoms with van der Waals surface area (Å²) in [6.07, 6.45) is 0.719. The van der Waals surface area contributed by atoms with Crippen molar-refractivity contribution in [1.29, 1.82) is 0 Å². The molecule has 1 aromatic carbocycles. The van der Waals surface area contributed by atoms with Crippen molar-refractivity contribution in [2.75, 3.05) is 20.2 Å². The van der Waals surface area contributed by atoms with Crippen LogP contribution in [-0.2, 0) is 20.8 Å². The summed E-state index contributed by atoms with van der Waals surface area (Å²) >= 11 is 0. The Morgan fingerprint density at radius 2 is 2.21 bits per heavy atom. The van der Waals surface area contributed by atoms with E-state index in [1.807, 2.05) is 25.1 Å². The third-order valence-corrected chi connectivity index (χ3v) is 4.53. The molecule has 3 amide bonds. The van der Waals surface area contributed by atoms with E-state index in [4.69, 9.17) is 4.74 Å². The fourth-order valence-electron chi connectivity index (χ4n) is 3.36. The number of ether oxygens (including phenoxy) is 1. The highest BCUT2D eigenvalue weighted by Gasteiger charge is 2.42. The largest absolute Gasteiger partial charge is 0.496 e. The number of aryl methyl sites for hydroxylation is 1. The molecule has 3 rings (SSSR count). The lowest BCUT2D eigenvalue weighted by molar-refractivity contribution is -0.143. The van der Waals surface area contributed by atoms with Crippen LogP contribution >= 0.6 is 0 Å². The lowest BCUT2D eigenvalue weighted by Crippen LogP contribution is -2.55. The Hall–Kier alpha value is -2.57. The first-order valence-electron chi connectivity index (χ1n) is 7.98. The highest BCUT2D eigenvalue weighted by Crippen LogP contribution is 2.21. The average molecular weight is 331 g/mol. The summed E-state index contributed by atoms with van der Waals surface area (Å²) in [4.78, 5) is 37.5. The minimum Gasteiger partial charge on any atom is -0.496 e. The monoisotopic (exact) mass is 331 g/mol. The van der Waals surface area contributed by atoms with Crippen LogP contribution < -0.4 is 15.4 Å². The smallest absolute Gasteiger partial charge is 0.243 e. The van der Waals surface area contributed by atoms with E-state index in [0.29, 0.717) is 13.0 Å². The standard InChI is InChI=1S/C17H21N3O4/c1-10-5-11(3-4-14(10)24-2)6-15(21)19-12-7-13-17(23)18-8-16(22)20(13)9-12/h3-5,12-13H,6-9H2,1-2H3,(H,18,23)(H,19,21)/t12-,13+/m1/s1. The molecule has 0 bridgehead atoms. The molecule has 2 fully saturated rings. The van der Waals surface area contributed by atoms with Gasteiger partial charge in [-0.15, -0.1) is 0 Å². The van der Waals surface area contributed by atoms with E-state index in [0.717, 1.165) is 16.9 Å². The fourth-order valence-corrected chi connectivity index (χ4v) is 3.36. The van der Waals surface area contributed by atoms with Crippen molar-refractivity contribution in [1.82, 2.24) is 15.5 Å². The molecule has 2 saturated heterocycles. The number of methoxy groups -OCH3 is 1. The third-order valence-electron chi connectivity index (χ3n) is 4.53. The normalized spacial score (nSPS) is 22.8. The van der Waals surface area contributed by atoms with Crippen molar-refractivity contribution >= 4 is 17.7 Å². The summed E-state index contributed by atoms with van der Waals surface area (Å²) in [5.41, 5.74) is 1.87. The Morgan fingerprint density at radius 3 is 2.88 bits per heavy atom. The summed E-state index contributed by atoms with van der Waals surface area (Å²) in [5, 5.41) is 5.51. The molecule has 7 heteroatoms. The van der Waals surface area contributed by atoms with E-state index < -0.39 is 6.04 Å². The van der Waals surface area contributed by atoms with E-state index >= 15 is 0 Å². The zero-order valence-electron chi connectivity index (χ0n) is 13.8. The molecule has 2 aliphatic heterocycles. The quantitative estimate of drug-likeness (QED) is 0.797. The molecule has 1 aromatic rings. The maximum absolute atomic E-state index is 12.3. The van der Waals surface area contributed by atoms with Crippen LogP contribution in [0.25, 0.3) is 0 Å². The van der Waals surface area contributed by atoms with E-state index in [1.54, 1.807) is 12.0 Å². The van der Waals surface area contributed by atoms with Crippen LogP contribution in [0.1, 0.15) is 17.5 Å². The predicted octanol–water partition coefficient (Wildman–Crippen LogP) is -0.238. The number of nitrogens with one attached hydrogen (secondary N) is 2. The summed E-state index contributed by atoms with van der Waals surface area (Å²) in [7, 11) is 1.61. The van der Waals surface area contributed by atoms with E-state index in [9.17, 15) is 14.4 Å². The molecule has 0 unspecified atom stereocenters. The summed E-state index contributed by atoms with van der Waals surface area (Å²) in [6.45, 7) is 2.37. The number of amides is 3. The molecule has 128 valence electrons. The second-order valence-electron chi connectivity index (χ2n) is 6.26. The van der Waals surface area contributed by atoms with Gasteiger partial charge in [0.25, 0.3) is 0 Å². The van der Waals surface area contributed by atoms with Crippen LogP contribution in [-0.4, -0.2) is 54.9 Å². The molecule has 0 radical (unpaired) electrons. The van der Waals surface area contributed by atoms with Crippen molar-refractivity contribution in [3.05, 3.63) is 29.3 Å². The summed E-state index contributed by atoms with van der Waals surface area (Å²) < 4.78 is 5.21. The highest BCUT2D eigenvalue weighted by molar-refractivity contribution is 5.95.